The number of hydrogen-bond acceptors (Lipinski definition) is 4. The van der Waals surface area contributed by atoms with Crippen molar-refractivity contribution >= 4 is 0 Å². The molecule has 0 amide bonds. The highest BCUT2D eigenvalue weighted by Gasteiger charge is 2.46. The van der Waals surface area contributed by atoms with E-state index in [1.165, 1.54) is 13.0 Å². The van der Waals surface area contributed by atoms with Crippen LogP contribution in [0.1, 0.15) is 12.8 Å². The van der Waals surface area contributed by atoms with Crippen LogP contribution in [0.3, 0.4) is 0 Å². The molecule has 4 nitrogen and oxygen atoms in total. The first-order chi connectivity index (χ1) is 7.66. The van der Waals surface area contributed by atoms with Gasteiger partial charge >= 0.3 is 0 Å². The second-order valence-corrected chi connectivity index (χ2v) is 5.35. The lowest BCUT2D eigenvalue weighted by atomic mass is 9.80. The predicted octanol–water partition coefficient (Wildman–Crippen LogP) is 0.126. The molecule has 3 atom stereocenters. The largest absolute Gasteiger partial charge is 0.308 e. The molecule has 0 aromatic rings. The Kier molecular flexibility index (Phi) is 3.48. The van der Waals surface area contributed by atoms with E-state index in [4.69, 9.17) is 0 Å². The Morgan fingerprint density at radius 1 is 1.50 bits per heavy atom. The number of hydrogen-bond donors (Lipinski definition) is 1. The van der Waals surface area contributed by atoms with E-state index in [2.05, 4.69) is 35.3 Å². The molecule has 2 saturated heterocycles. The topological polar surface area (TPSA) is 42.3 Å². The van der Waals surface area contributed by atoms with E-state index in [-0.39, 0.29) is 5.54 Å². The third-order valence-corrected chi connectivity index (χ3v) is 3.99. The Labute approximate surface area is 98.2 Å². The minimum atomic E-state index is -0.247. The van der Waals surface area contributed by atoms with Crippen molar-refractivity contribution in [1.82, 2.24) is 15.1 Å². The van der Waals surface area contributed by atoms with Gasteiger partial charge < -0.3 is 9.80 Å². The fraction of sp³-hybridized carbons (Fsp3) is 0.917. The van der Waals surface area contributed by atoms with Crippen molar-refractivity contribution in [3.63, 3.8) is 0 Å². The second-order valence-electron chi connectivity index (χ2n) is 5.35. The minimum Gasteiger partial charge on any atom is -0.308 e. The van der Waals surface area contributed by atoms with Gasteiger partial charge in [-0.15, -0.1) is 0 Å². The number of fused-ring (bicyclic) bond motifs is 2. The molecular formula is C12H22N4. The van der Waals surface area contributed by atoms with Crippen LogP contribution in [0.15, 0.2) is 0 Å². The summed E-state index contributed by atoms with van der Waals surface area (Å²) in [6.07, 6.45) is 2.17. The Bertz CT molecular complexity index is 283. The zero-order valence-electron chi connectivity index (χ0n) is 10.4. The molecule has 3 unspecified atom stereocenters. The number of nitrogens with one attached hydrogen (secondary N) is 1. The molecule has 0 aliphatic carbocycles. The molecule has 16 heavy (non-hydrogen) atoms. The molecule has 0 aromatic carbocycles. The highest BCUT2D eigenvalue weighted by Crippen LogP contribution is 2.34. The van der Waals surface area contributed by atoms with E-state index in [1.54, 1.807) is 0 Å². The zero-order chi connectivity index (χ0) is 11.6. The standard InChI is InChI=1S/C12H22N4/c1-15(2)8-5-14-12(10-13)4-7-16-6-3-11(12)9-16/h11,14H,3-9H2,1-2H3. The van der Waals surface area contributed by atoms with Crippen molar-refractivity contribution < 1.29 is 0 Å². The van der Waals surface area contributed by atoms with Gasteiger partial charge in [-0.25, -0.2) is 0 Å². The summed E-state index contributed by atoms with van der Waals surface area (Å²) in [7, 11) is 4.14. The van der Waals surface area contributed by atoms with Gasteiger partial charge in [-0.05, 0) is 33.5 Å². The van der Waals surface area contributed by atoms with Crippen LogP contribution >= 0.6 is 0 Å². The van der Waals surface area contributed by atoms with Gasteiger partial charge in [0.25, 0.3) is 0 Å². The molecule has 2 heterocycles. The molecule has 2 fully saturated rings. The summed E-state index contributed by atoms with van der Waals surface area (Å²) in [5.74, 6) is 0.536. The van der Waals surface area contributed by atoms with Crippen LogP contribution in [0.25, 0.3) is 0 Å². The average molecular weight is 222 g/mol. The van der Waals surface area contributed by atoms with Crippen molar-refractivity contribution in [2.45, 2.75) is 18.4 Å². The number of rotatable bonds is 4. The maximum absolute atomic E-state index is 9.48. The fourth-order valence-corrected chi connectivity index (χ4v) is 2.90. The summed E-state index contributed by atoms with van der Waals surface area (Å²) in [4.78, 5) is 4.63. The molecule has 0 radical (unpaired) electrons. The van der Waals surface area contributed by atoms with E-state index < -0.39 is 0 Å². The van der Waals surface area contributed by atoms with E-state index >= 15 is 0 Å². The van der Waals surface area contributed by atoms with Gasteiger partial charge in [-0.2, -0.15) is 5.26 Å². The average Bonchev–Trinajstić information content (AvgIpc) is 2.66. The molecule has 0 spiro atoms. The molecule has 90 valence electrons. The third-order valence-electron chi connectivity index (χ3n) is 3.99. The molecule has 1 N–H and O–H groups in total. The summed E-state index contributed by atoms with van der Waals surface area (Å²) in [5, 5.41) is 13.0. The number of nitrogens with zero attached hydrogens (tertiary/aromatic N) is 3. The first-order valence-corrected chi connectivity index (χ1v) is 6.20. The molecular weight excluding hydrogens is 200 g/mol. The predicted molar refractivity (Wildman–Crippen MR) is 64.1 cm³/mol. The Hall–Kier alpha value is -0.630. The lowest BCUT2D eigenvalue weighted by Crippen LogP contribution is -2.56. The molecule has 2 bridgehead atoms. The number of nitriles is 1. The van der Waals surface area contributed by atoms with Gasteiger partial charge in [-0.1, -0.05) is 0 Å². The van der Waals surface area contributed by atoms with Crippen LogP contribution in [0.2, 0.25) is 0 Å². The Balaban J connectivity index is 1.94. The molecule has 4 heteroatoms. The maximum Gasteiger partial charge on any atom is 0.112 e. The molecule has 0 aromatic heterocycles. The minimum absolute atomic E-state index is 0.247. The van der Waals surface area contributed by atoms with E-state index in [0.29, 0.717) is 5.92 Å². The monoisotopic (exact) mass is 222 g/mol. The summed E-state index contributed by atoms with van der Waals surface area (Å²) in [5.41, 5.74) is -0.247. The summed E-state index contributed by atoms with van der Waals surface area (Å²) >= 11 is 0. The van der Waals surface area contributed by atoms with Gasteiger partial charge in [0.15, 0.2) is 0 Å². The van der Waals surface area contributed by atoms with Crippen LogP contribution in [-0.2, 0) is 0 Å². The summed E-state index contributed by atoms with van der Waals surface area (Å²) < 4.78 is 0. The lowest BCUT2D eigenvalue weighted by Gasteiger charge is -2.38. The molecule has 2 aliphatic rings. The molecule has 2 aliphatic heterocycles. The van der Waals surface area contributed by atoms with E-state index in [1.807, 2.05) is 0 Å². The van der Waals surface area contributed by atoms with Gasteiger partial charge in [0, 0.05) is 32.1 Å². The van der Waals surface area contributed by atoms with E-state index in [0.717, 1.165) is 32.6 Å². The second kappa shape index (κ2) is 4.70. The van der Waals surface area contributed by atoms with Crippen molar-refractivity contribution in [1.29, 1.82) is 5.26 Å². The first kappa shape index (κ1) is 11.8. The van der Waals surface area contributed by atoms with Crippen LogP contribution in [0, 0.1) is 17.2 Å². The number of likely N-dealkylation sites (N-methyl/N-ethyl adjacent to an activating group) is 1. The Morgan fingerprint density at radius 2 is 2.31 bits per heavy atom. The van der Waals surface area contributed by atoms with Gasteiger partial charge in [0.1, 0.15) is 5.54 Å². The van der Waals surface area contributed by atoms with Crippen molar-refractivity contribution in [2.24, 2.45) is 5.92 Å². The van der Waals surface area contributed by atoms with Crippen molar-refractivity contribution in [2.75, 3.05) is 46.8 Å². The van der Waals surface area contributed by atoms with Crippen LogP contribution < -0.4 is 5.32 Å². The zero-order valence-corrected chi connectivity index (χ0v) is 10.4. The van der Waals surface area contributed by atoms with Gasteiger partial charge in [-0.3, -0.25) is 5.32 Å². The quantitative estimate of drug-likeness (QED) is 0.734. The smallest absolute Gasteiger partial charge is 0.112 e. The van der Waals surface area contributed by atoms with Crippen molar-refractivity contribution in [3.8, 4) is 6.07 Å². The first-order valence-electron chi connectivity index (χ1n) is 6.20. The normalized spacial score (nSPS) is 37.6. The van der Waals surface area contributed by atoms with E-state index in [9.17, 15) is 5.26 Å². The molecule has 2 rings (SSSR count). The van der Waals surface area contributed by atoms with Gasteiger partial charge in [0.2, 0.25) is 0 Å². The fourth-order valence-electron chi connectivity index (χ4n) is 2.90. The number of piperidine rings is 1. The lowest BCUT2D eigenvalue weighted by molar-refractivity contribution is 0.172. The summed E-state index contributed by atoms with van der Waals surface area (Å²) in [6, 6.07) is 2.56. The third kappa shape index (κ3) is 2.22. The van der Waals surface area contributed by atoms with Crippen molar-refractivity contribution in [3.05, 3.63) is 0 Å². The van der Waals surface area contributed by atoms with Gasteiger partial charge in [0.05, 0.1) is 6.07 Å². The maximum atomic E-state index is 9.48. The Morgan fingerprint density at radius 3 is 3.00 bits per heavy atom. The highest BCUT2D eigenvalue weighted by atomic mass is 15.2. The van der Waals surface area contributed by atoms with Crippen LogP contribution in [0.4, 0.5) is 0 Å². The van der Waals surface area contributed by atoms with Crippen LogP contribution in [-0.4, -0.2) is 62.2 Å². The molecule has 0 saturated carbocycles. The SMILES string of the molecule is CN(C)CCNC1(C#N)CCN2CCC1C2. The summed E-state index contributed by atoms with van der Waals surface area (Å²) in [6.45, 7) is 5.29. The highest BCUT2D eigenvalue weighted by molar-refractivity contribution is 5.15. The van der Waals surface area contributed by atoms with Crippen LogP contribution in [0.5, 0.6) is 0 Å².